The van der Waals surface area contributed by atoms with Crippen LogP contribution in [0.4, 0.5) is 10.5 Å². The number of aliphatic carboxylic acids is 1. The van der Waals surface area contributed by atoms with Gasteiger partial charge in [0.25, 0.3) is 0 Å². The summed E-state index contributed by atoms with van der Waals surface area (Å²) in [5.41, 5.74) is 5.60. The van der Waals surface area contributed by atoms with Crippen LogP contribution in [-0.4, -0.2) is 35.7 Å². The zero-order valence-electron chi connectivity index (χ0n) is 19.1. The standard InChI is InChI=1S/C27H25ClN2O5/c1-16-10-11-22(28)24(14-16)29-26(33)23(12-13-25(31)32)30-27(34)35-15-21-19-8-4-2-6-17(19)18-7-3-5-9-20(18)21/h2-11,14,21,23H,12-13,15H2,1H3,(H,29,33)(H,30,34)(H,31,32). The van der Waals surface area contributed by atoms with Gasteiger partial charge in [-0.15, -0.1) is 0 Å². The van der Waals surface area contributed by atoms with Crippen LogP contribution in [-0.2, 0) is 14.3 Å². The fourth-order valence-electron chi connectivity index (χ4n) is 4.27. The Kier molecular flexibility index (Phi) is 7.36. The van der Waals surface area contributed by atoms with E-state index in [0.717, 1.165) is 27.8 Å². The highest BCUT2D eigenvalue weighted by Gasteiger charge is 2.30. The number of halogens is 1. The van der Waals surface area contributed by atoms with Crippen LogP contribution in [0.3, 0.4) is 0 Å². The minimum absolute atomic E-state index is 0.0802. The van der Waals surface area contributed by atoms with Gasteiger partial charge in [-0.1, -0.05) is 66.2 Å². The number of benzene rings is 3. The molecule has 2 amide bonds. The number of amides is 2. The van der Waals surface area contributed by atoms with Crippen LogP contribution in [0, 0.1) is 6.92 Å². The lowest BCUT2D eigenvalue weighted by Crippen LogP contribution is -2.44. The minimum atomic E-state index is -1.11. The third-order valence-electron chi connectivity index (χ3n) is 5.98. The normalized spacial score (nSPS) is 12.9. The Bertz CT molecular complexity index is 1230. The van der Waals surface area contributed by atoms with Crippen molar-refractivity contribution in [2.24, 2.45) is 0 Å². The molecule has 0 fully saturated rings. The predicted octanol–water partition coefficient (Wildman–Crippen LogP) is 5.36. The molecule has 4 rings (SSSR count). The molecule has 0 heterocycles. The fraction of sp³-hybridized carbons (Fsp3) is 0.222. The maximum Gasteiger partial charge on any atom is 0.407 e. The Labute approximate surface area is 208 Å². The van der Waals surface area contributed by atoms with E-state index < -0.39 is 24.0 Å². The van der Waals surface area contributed by atoms with E-state index in [0.29, 0.717) is 10.7 Å². The highest BCUT2D eigenvalue weighted by atomic mass is 35.5. The van der Waals surface area contributed by atoms with Gasteiger partial charge < -0.3 is 20.5 Å². The first-order chi connectivity index (χ1) is 16.8. The van der Waals surface area contributed by atoms with Crippen molar-refractivity contribution in [2.75, 3.05) is 11.9 Å². The van der Waals surface area contributed by atoms with Crippen LogP contribution < -0.4 is 10.6 Å². The maximum atomic E-state index is 12.9. The summed E-state index contributed by atoms with van der Waals surface area (Å²) in [6.45, 7) is 1.93. The molecule has 0 aliphatic heterocycles. The summed E-state index contributed by atoms with van der Waals surface area (Å²) >= 11 is 6.16. The number of fused-ring (bicyclic) bond motifs is 3. The number of carbonyl (C=O) groups is 3. The topological polar surface area (TPSA) is 105 Å². The van der Waals surface area contributed by atoms with Crippen molar-refractivity contribution in [3.05, 3.63) is 88.4 Å². The van der Waals surface area contributed by atoms with Gasteiger partial charge in [0.1, 0.15) is 12.6 Å². The number of nitrogens with one attached hydrogen (secondary N) is 2. The van der Waals surface area contributed by atoms with E-state index in [9.17, 15) is 14.4 Å². The lowest BCUT2D eigenvalue weighted by molar-refractivity contribution is -0.137. The highest BCUT2D eigenvalue weighted by Crippen LogP contribution is 2.44. The summed E-state index contributed by atoms with van der Waals surface area (Å²) in [6, 6.07) is 20.0. The van der Waals surface area contributed by atoms with Gasteiger partial charge in [0.05, 0.1) is 10.7 Å². The van der Waals surface area contributed by atoms with E-state index in [1.165, 1.54) is 0 Å². The second kappa shape index (κ2) is 10.6. The number of ether oxygens (including phenoxy) is 1. The number of rotatable bonds is 8. The Morgan fingerprint density at radius 1 is 1.00 bits per heavy atom. The summed E-state index contributed by atoms with van der Waals surface area (Å²) in [6.07, 6.45) is -1.20. The molecule has 1 aliphatic carbocycles. The first-order valence-corrected chi connectivity index (χ1v) is 11.6. The van der Waals surface area contributed by atoms with Crippen LogP contribution in [0.25, 0.3) is 11.1 Å². The van der Waals surface area contributed by atoms with Gasteiger partial charge in [-0.25, -0.2) is 4.79 Å². The third-order valence-corrected chi connectivity index (χ3v) is 6.31. The molecule has 0 saturated heterocycles. The Balaban J connectivity index is 1.44. The molecule has 1 atom stereocenters. The molecule has 0 saturated carbocycles. The van der Waals surface area contributed by atoms with E-state index in [1.807, 2.05) is 55.5 Å². The number of hydrogen-bond donors (Lipinski definition) is 3. The zero-order valence-corrected chi connectivity index (χ0v) is 19.8. The lowest BCUT2D eigenvalue weighted by atomic mass is 9.98. The second-order valence-corrected chi connectivity index (χ2v) is 8.83. The molecular formula is C27H25ClN2O5. The molecule has 0 bridgehead atoms. The smallest absolute Gasteiger partial charge is 0.407 e. The average Bonchev–Trinajstić information content (AvgIpc) is 3.16. The zero-order chi connectivity index (χ0) is 24.9. The number of hydrogen-bond acceptors (Lipinski definition) is 4. The van der Waals surface area contributed by atoms with Crippen molar-refractivity contribution >= 4 is 35.3 Å². The largest absolute Gasteiger partial charge is 0.481 e. The van der Waals surface area contributed by atoms with Crippen molar-refractivity contribution < 1.29 is 24.2 Å². The molecule has 3 aromatic carbocycles. The minimum Gasteiger partial charge on any atom is -0.481 e. The van der Waals surface area contributed by atoms with Gasteiger partial charge in [-0.2, -0.15) is 0 Å². The van der Waals surface area contributed by atoms with Crippen LogP contribution in [0.15, 0.2) is 66.7 Å². The SMILES string of the molecule is Cc1ccc(Cl)c(NC(=O)C(CCC(=O)O)NC(=O)OCC2c3ccccc3-c3ccccc32)c1. The van der Waals surface area contributed by atoms with Crippen LogP contribution in [0.5, 0.6) is 0 Å². The monoisotopic (exact) mass is 492 g/mol. The van der Waals surface area contributed by atoms with E-state index in [4.69, 9.17) is 21.4 Å². The highest BCUT2D eigenvalue weighted by molar-refractivity contribution is 6.33. The molecule has 180 valence electrons. The summed E-state index contributed by atoms with van der Waals surface area (Å²) in [7, 11) is 0. The fourth-order valence-corrected chi connectivity index (χ4v) is 4.44. The molecule has 35 heavy (non-hydrogen) atoms. The Hall–Kier alpha value is -3.84. The van der Waals surface area contributed by atoms with Gasteiger partial charge in [0.15, 0.2) is 0 Å². The third kappa shape index (κ3) is 5.63. The average molecular weight is 493 g/mol. The summed E-state index contributed by atoms with van der Waals surface area (Å²) < 4.78 is 5.52. The van der Waals surface area contributed by atoms with E-state index >= 15 is 0 Å². The predicted molar refractivity (Wildman–Crippen MR) is 134 cm³/mol. The first kappa shape index (κ1) is 24.3. The Morgan fingerprint density at radius 3 is 2.26 bits per heavy atom. The number of alkyl carbamates (subject to hydrolysis) is 1. The molecular weight excluding hydrogens is 468 g/mol. The number of aryl methyl sites for hydroxylation is 1. The Morgan fingerprint density at radius 2 is 1.63 bits per heavy atom. The number of carboxylic acid groups (broad SMARTS) is 1. The maximum absolute atomic E-state index is 12.9. The number of anilines is 1. The molecule has 1 aliphatic rings. The molecule has 0 spiro atoms. The molecule has 0 radical (unpaired) electrons. The van der Waals surface area contributed by atoms with Crippen LogP contribution in [0.1, 0.15) is 35.4 Å². The van der Waals surface area contributed by atoms with Gasteiger partial charge in [-0.05, 0) is 53.3 Å². The van der Waals surface area contributed by atoms with Crippen LogP contribution >= 0.6 is 11.6 Å². The van der Waals surface area contributed by atoms with Crippen molar-refractivity contribution in [3.8, 4) is 11.1 Å². The van der Waals surface area contributed by atoms with Crippen LogP contribution in [0.2, 0.25) is 5.02 Å². The molecule has 3 N–H and O–H groups in total. The molecule has 8 heteroatoms. The lowest BCUT2D eigenvalue weighted by Gasteiger charge is -2.20. The second-order valence-electron chi connectivity index (χ2n) is 8.43. The molecule has 7 nitrogen and oxygen atoms in total. The quantitative estimate of drug-likeness (QED) is 0.392. The molecule has 0 aromatic heterocycles. The van der Waals surface area contributed by atoms with Crippen molar-refractivity contribution in [2.45, 2.75) is 31.7 Å². The van der Waals surface area contributed by atoms with Crippen molar-refractivity contribution in [3.63, 3.8) is 0 Å². The number of carboxylic acids is 1. The van der Waals surface area contributed by atoms with Gasteiger partial charge in [0.2, 0.25) is 5.91 Å². The summed E-state index contributed by atoms with van der Waals surface area (Å²) in [5.74, 6) is -1.79. The first-order valence-electron chi connectivity index (χ1n) is 11.2. The van der Waals surface area contributed by atoms with E-state index in [2.05, 4.69) is 10.6 Å². The van der Waals surface area contributed by atoms with Crippen molar-refractivity contribution in [1.29, 1.82) is 0 Å². The van der Waals surface area contributed by atoms with Gasteiger partial charge >= 0.3 is 12.1 Å². The summed E-state index contributed by atoms with van der Waals surface area (Å²) in [5, 5.41) is 14.6. The summed E-state index contributed by atoms with van der Waals surface area (Å²) in [4.78, 5) is 36.7. The van der Waals surface area contributed by atoms with Crippen molar-refractivity contribution in [1.82, 2.24) is 5.32 Å². The molecule has 3 aromatic rings. The number of carbonyl (C=O) groups excluding carboxylic acids is 2. The van der Waals surface area contributed by atoms with E-state index in [1.54, 1.807) is 18.2 Å². The van der Waals surface area contributed by atoms with Gasteiger partial charge in [0, 0.05) is 12.3 Å². The van der Waals surface area contributed by atoms with E-state index in [-0.39, 0.29) is 25.4 Å². The molecule has 1 unspecified atom stereocenters. The van der Waals surface area contributed by atoms with Gasteiger partial charge in [-0.3, -0.25) is 9.59 Å².